The number of benzene rings is 2. The van der Waals surface area contributed by atoms with E-state index in [0.717, 1.165) is 34.0 Å². The average Bonchev–Trinajstić information content (AvgIpc) is 3.07. The summed E-state index contributed by atoms with van der Waals surface area (Å²) in [6.07, 6.45) is 1.05. The largest absolute Gasteiger partial charge is 0.345 e. The lowest BCUT2D eigenvalue weighted by Gasteiger charge is -2.10. The summed E-state index contributed by atoms with van der Waals surface area (Å²) in [5.74, 6) is 0. The molecule has 0 bridgehead atoms. The van der Waals surface area contributed by atoms with Gasteiger partial charge in [-0.25, -0.2) is 19.1 Å². The normalized spacial score (nSPS) is 12.1. The molecule has 0 radical (unpaired) electrons. The Labute approximate surface area is 190 Å². The van der Waals surface area contributed by atoms with Gasteiger partial charge in [-0.1, -0.05) is 30.7 Å². The Kier molecular flexibility index (Phi) is 6.19. The molecule has 0 spiro atoms. The lowest BCUT2D eigenvalue weighted by Crippen LogP contribution is -2.49. The third kappa shape index (κ3) is 4.21. The molecule has 2 heterocycles. The van der Waals surface area contributed by atoms with Gasteiger partial charge in [-0.05, 0) is 62.2 Å². The summed E-state index contributed by atoms with van der Waals surface area (Å²) in [4.78, 5) is 32.9. The number of fused-ring (bicyclic) bond motifs is 1. The zero-order chi connectivity index (χ0) is 22.8. The number of aromatic nitrogens is 4. The number of nitrogens with one attached hydrogen (secondary N) is 1. The monoisotopic (exact) mass is 451 g/mol. The van der Waals surface area contributed by atoms with E-state index in [2.05, 4.69) is 34.5 Å². The maximum atomic E-state index is 13.1. The lowest BCUT2D eigenvalue weighted by molar-refractivity contribution is 0.541. The smallest absolute Gasteiger partial charge is 0.335 e. The van der Waals surface area contributed by atoms with Crippen LogP contribution in [0, 0.1) is 6.92 Å². The van der Waals surface area contributed by atoms with Crippen LogP contribution in [0.15, 0.2) is 63.1 Å². The molecular weight excluding hydrogens is 426 g/mol. The molecule has 0 aliphatic heterocycles. The molecule has 2 aromatic carbocycles. The Morgan fingerprint density at radius 1 is 0.969 bits per heavy atom. The van der Waals surface area contributed by atoms with Crippen LogP contribution in [0.5, 0.6) is 0 Å². The van der Waals surface area contributed by atoms with E-state index in [1.165, 1.54) is 10.3 Å². The molecular formula is C24H26ClN5O2. The first-order chi connectivity index (χ1) is 15.4. The molecule has 7 nitrogen and oxygen atoms in total. The SMILES string of the molecule is CCCn1c(C)cc2cc(/N=c3\[nH]c(=O)n(CC)c(=O)n3Cc3ccc(Cl)cc3)ccc21. The molecule has 4 aromatic rings. The van der Waals surface area contributed by atoms with Gasteiger partial charge >= 0.3 is 11.4 Å². The molecule has 32 heavy (non-hydrogen) atoms. The average molecular weight is 452 g/mol. The predicted octanol–water partition coefficient (Wildman–Crippen LogP) is 3.97. The molecule has 0 saturated heterocycles. The van der Waals surface area contributed by atoms with Gasteiger partial charge in [0.15, 0.2) is 0 Å². The molecule has 0 aliphatic rings. The minimum Gasteiger partial charge on any atom is -0.345 e. The second-order valence-electron chi connectivity index (χ2n) is 7.79. The second kappa shape index (κ2) is 9.04. The number of rotatable bonds is 6. The highest BCUT2D eigenvalue weighted by Crippen LogP contribution is 2.24. The zero-order valence-corrected chi connectivity index (χ0v) is 19.2. The maximum Gasteiger partial charge on any atom is 0.335 e. The van der Waals surface area contributed by atoms with Gasteiger partial charge in [0.1, 0.15) is 0 Å². The lowest BCUT2D eigenvalue weighted by atomic mass is 10.2. The van der Waals surface area contributed by atoms with Crippen molar-refractivity contribution in [3.8, 4) is 0 Å². The number of hydrogen-bond acceptors (Lipinski definition) is 3. The first kappa shape index (κ1) is 21.9. The van der Waals surface area contributed by atoms with E-state index in [1.807, 2.05) is 30.3 Å². The van der Waals surface area contributed by atoms with Crippen molar-refractivity contribution in [3.63, 3.8) is 0 Å². The van der Waals surface area contributed by atoms with Gasteiger partial charge in [0, 0.05) is 34.7 Å². The van der Waals surface area contributed by atoms with Crippen molar-refractivity contribution in [1.29, 1.82) is 0 Å². The molecule has 0 amide bonds. The first-order valence-electron chi connectivity index (χ1n) is 10.7. The highest BCUT2D eigenvalue weighted by Gasteiger charge is 2.10. The zero-order valence-electron chi connectivity index (χ0n) is 18.4. The van der Waals surface area contributed by atoms with Gasteiger partial charge in [-0.2, -0.15) is 0 Å². The molecule has 8 heteroatoms. The highest BCUT2D eigenvalue weighted by molar-refractivity contribution is 6.30. The van der Waals surface area contributed by atoms with Crippen molar-refractivity contribution >= 4 is 28.2 Å². The van der Waals surface area contributed by atoms with E-state index in [0.29, 0.717) is 10.7 Å². The first-order valence-corrected chi connectivity index (χ1v) is 11.1. The van der Waals surface area contributed by atoms with Crippen molar-refractivity contribution < 1.29 is 0 Å². The summed E-state index contributed by atoms with van der Waals surface area (Å²) in [7, 11) is 0. The molecule has 0 saturated carbocycles. The highest BCUT2D eigenvalue weighted by atomic mass is 35.5. The molecule has 1 N–H and O–H groups in total. The summed E-state index contributed by atoms with van der Waals surface area (Å²) < 4.78 is 4.92. The summed E-state index contributed by atoms with van der Waals surface area (Å²) in [5, 5.41) is 1.69. The maximum absolute atomic E-state index is 13.1. The predicted molar refractivity (Wildman–Crippen MR) is 128 cm³/mol. The minimum atomic E-state index is -0.477. The standard InChI is InChI=1S/C24H26ClN5O2/c1-4-12-29-16(3)13-18-14-20(10-11-21(18)29)26-22-27-23(31)28(5-2)24(32)30(22)15-17-6-8-19(25)9-7-17/h6-11,13-14H,4-5,12,15H2,1-3H3,(H,26,27,31). The van der Waals surface area contributed by atoms with Gasteiger partial charge in [-0.3, -0.25) is 9.55 Å². The summed E-state index contributed by atoms with van der Waals surface area (Å²) in [5.41, 5.74) is 3.21. The fourth-order valence-corrected chi connectivity index (χ4v) is 4.07. The van der Waals surface area contributed by atoms with E-state index in [-0.39, 0.29) is 18.7 Å². The van der Waals surface area contributed by atoms with Crippen LogP contribution in [-0.2, 0) is 19.6 Å². The Balaban J connectivity index is 1.87. The number of halogens is 1. The van der Waals surface area contributed by atoms with E-state index in [9.17, 15) is 9.59 Å². The van der Waals surface area contributed by atoms with Crippen LogP contribution in [0.25, 0.3) is 10.9 Å². The molecule has 0 unspecified atom stereocenters. The fraction of sp³-hybridized carbons (Fsp3) is 0.292. The summed E-state index contributed by atoms with van der Waals surface area (Å²) in [6, 6.07) is 15.3. The van der Waals surface area contributed by atoms with Crippen molar-refractivity contribution in [2.75, 3.05) is 0 Å². The Morgan fingerprint density at radius 3 is 2.41 bits per heavy atom. The second-order valence-corrected chi connectivity index (χ2v) is 8.22. The van der Waals surface area contributed by atoms with Gasteiger partial charge in [-0.15, -0.1) is 0 Å². The van der Waals surface area contributed by atoms with Crippen LogP contribution in [0.1, 0.15) is 31.5 Å². The fourth-order valence-electron chi connectivity index (χ4n) is 3.94. The number of hydrogen-bond donors (Lipinski definition) is 1. The van der Waals surface area contributed by atoms with Crippen molar-refractivity contribution in [2.24, 2.45) is 4.99 Å². The molecule has 4 rings (SSSR count). The van der Waals surface area contributed by atoms with Gasteiger partial charge in [0.05, 0.1) is 12.2 Å². The Morgan fingerprint density at radius 2 is 1.72 bits per heavy atom. The molecule has 2 aromatic heterocycles. The third-order valence-corrected chi connectivity index (χ3v) is 5.78. The van der Waals surface area contributed by atoms with Crippen LogP contribution >= 0.6 is 11.6 Å². The van der Waals surface area contributed by atoms with Crippen LogP contribution in [0.3, 0.4) is 0 Å². The van der Waals surface area contributed by atoms with E-state index in [4.69, 9.17) is 11.6 Å². The summed E-state index contributed by atoms with van der Waals surface area (Å²) in [6.45, 7) is 7.50. The van der Waals surface area contributed by atoms with E-state index < -0.39 is 11.4 Å². The van der Waals surface area contributed by atoms with Gasteiger partial charge in [0.2, 0.25) is 5.62 Å². The number of H-pyrrole nitrogens is 1. The Bertz CT molecular complexity index is 1460. The molecule has 0 fully saturated rings. The summed E-state index contributed by atoms with van der Waals surface area (Å²) >= 11 is 5.99. The van der Waals surface area contributed by atoms with E-state index in [1.54, 1.807) is 19.1 Å². The molecule has 0 aliphatic carbocycles. The van der Waals surface area contributed by atoms with Crippen LogP contribution < -0.4 is 17.0 Å². The van der Waals surface area contributed by atoms with Crippen LogP contribution in [-0.4, -0.2) is 18.7 Å². The Hall–Kier alpha value is -3.32. The van der Waals surface area contributed by atoms with E-state index >= 15 is 0 Å². The van der Waals surface area contributed by atoms with Crippen molar-refractivity contribution in [2.45, 2.75) is 46.8 Å². The van der Waals surface area contributed by atoms with Gasteiger partial charge < -0.3 is 4.57 Å². The molecule has 0 atom stereocenters. The number of aromatic amines is 1. The topological polar surface area (TPSA) is 77.1 Å². The van der Waals surface area contributed by atoms with Crippen LogP contribution in [0.2, 0.25) is 5.02 Å². The number of aryl methyl sites for hydroxylation is 2. The third-order valence-electron chi connectivity index (χ3n) is 5.53. The quantitative estimate of drug-likeness (QED) is 0.481. The van der Waals surface area contributed by atoms with Gasteiger partial charge in [0.25, 0.3) is 0 Å². The van der Waals surface area contributed by atoms with Crippen molar-refractivity contribution in [3.05, 3.63) is 91.4 Å². The minimum absolute atomic E-state index is 0.212. The van der Waals surface area contributed by atoms with Crippen molar-refractivity contribution in [1.82, 2.24) is 18.7 Å². The number of nitrogens with zero attached hydrogens (tertiary/aromatic N) is 4. The van der Waals surface area contributed by atoms with Crippen LogP contribution in [0.4, 0.5) is 5.69 Å². The molecule has 166 valence electrons.